The van der Waals surface area contributed by atoms with Crippen molar-refractivity contribution >= 4 is 7.82 Å². The van der Waals surface area contributed by atoms with Crippen LogP contribution in [-0.4, -0.2) is 38.8 Å². The predicted octanol–water partition coefficient (Wildman–Crippen LogP) is 0.779. The first-order valence-electron chi connectivity index (χ1n) is 3.34. The van der Waals surface area contributed by atoms with Gasteiger partial charge in [0.15, 0.2) is 0 Å². The van der Waals surface area contributed by atoms with Crippen LogP contribution >= 0.6 is 7.82 Å². The highest BCUT2D eigenvalue weighted by Crippen LogP contribution is 2.65. The molecule has 0 amide bonds. The maximum absolute atomic E-state index is 10.7. The molecular weight excluding hydrogens is 169 g/mol. The smallest absolute Gasteiger partial charge is 0.329 e. The fraction of sp³-hybridized carbons (Fsp3) is 1.00. The topological polar surface area (TPSA) is 51.4 Å². The molecule has 0 radical (unpaired) electrons. The average Bonchev–Trinajstić information content (AvgIpc) is 2.44. The van der Waals surface area contributed by atoms with E-state index in [1.54, 1.807) is 0 Å². The minimum absolute atomic E-state index is 0.390. The van der Waals surface area contributed by atoms with Gasteiger partial charge in [-0.25, -0.2) is 4.57 Å². The van der Waals surface area contributed by atoms with E-state index in [2.05, 4.69) is 9.35 Å². The maximum Gasteiger partial charge on any atom is 0.530 e. The first kappa shape index (κ1) is 9.16. The van der Waals surface area contributed by atoms with E-state index in [4.69, 9.17) is 4.52 Å². The quantitative estimate of drug-likeness (QED) is 0.279. The standard InChI is InChI=1S/C5H13NO4P/c1-6(2,3)4-5-8-11(7)9-10-11/h4-5H2,1-3H3/q+1. The Morgan fingerprint density at radius 1 is 1.36 bits per heavy atom. The van der Waals surface area contributed by atoms with Crippen LogP contribution in [-0.2, 0) is 18.4 Å². The second-order valence-corrected chi connectivity index (χ2v) is 4.89. The maximum atomic E-state index is 10.7. The second kappa shape index (κ2) is 2.84. The Balaban J connectivity index is 2.10. The van der Waals surface area contributed by atoms with Crippen molar-refractivity contribution < 1.29 is 22.9 Å². The van der Waals surface area contributed by atoms with Crippen molar-refractivity contribution in [2.45, 2.75) is 0 Å². The Bertz CT molecular complexity index is 179. The molecule has 1 aliphatic heterocycles. The Morgan fingerprint density at radius 2 is 1.91 bits per heavy atom. The van der Waals surface area contributed by atoms with Crippen molar-refractivity contribution in [2.24, 2.45) is 0 Å². The van der Waals surface area contributed by atoms with Gasteiger partial charge in [-0.05, 0) is 0 Å². The van der Waals surface area contributed by atoms with E-state index >= 15 is 0 Å². The summed E-state index contributed by atoms with van der Waals surface area (Å²) in [6.07, 6.45) is 0. The van der Waals surface area contributed by atoms with Crippen LogP contribution in [0, 0.1) is 0 Å². The van der Waals surface area contributed by atoms with E-state index in [0.29, 0.717) is 6.61 Å². The van der Waals surface area contributed by atoms with E-state index in [-0.39, 0.29) is 0 Å². The third-order valence-electron chi connectivity index (χ3n) is 1.21. The lowest BCUT2D eigenvalue weighted by molar-refractivity contribution is -0.870. The number of hydrogen-bond acceptors (Lipinski definition) is 4. The molecule has 11 heavy (non-hydrogen) atoms. The summed E-state index contributed by atoms with van der Waals surface area (Å²) in [5, 5.41) is 0. The average molecular weight is 182 g/mol. The molecular formula is C5H13NO4P+. The highest BCUT2D eigenvalue weighted by molar-refractivity contribution is 7.52. The van der Waals surface area contributed by atoms with Crippen LogP contribution in [0.25, 0.3) is 0 Å². The SMILES string of the molecule is C[N+](C)(C)CCOP1(=O)OO1. The molecule has 0 unspecified atom stereocenters. The van der Waals surface area contributed by atoms with E-state index in [1.165, 1.54) is 0 Å². The molecule has 1 rings (SSSR count). The summed E-state index contributed by atoms with van der Waals surface area (Å²) in [5.41, 5.74) is 0. The van der Waals surface area contributed by atoms with Gasteiger partial charge in [0, 0.05) is 0 Å². The van der Waals surface area contributed by atoms with Crippen LogP contribution < -0.4 is 0 Å². The molecule has 0 aromatic rings. The number of likely N-dealkylation sites (N-methyl/N-ethyl adjacent to an activating group) is 1. The van der Waals surface area contributed by atoms with Crippen molar-refractivity contribution in [3.8, 4) is 0 Å². The number of nitrogens with zero attached hydrogens (tertiary/aromatic N) is 1. The number of rotatable bonds is 4. The minimum atomic E-state index is -3.01. The summed E-state index contributed by atoms with van der Waals surface area (Å²) < 4.78 is 24.6. The summed E-state index contributed by atoms with van der Waals surface area (Å²) in [5.74, 6) is 0. The van der Waals surface area contributed by atoms with Crippen LogP contribution in [0.5, 0.6) is 0 Å². The third kappa shape index (κ3) is 3.84. The van der Waals surface area contributed by atoms with Gasteiger partial charge in [0.25, 0.3) is 0 Å². The van der Waals surface area contributed by atoms with Crippen molar-refractivity contribution in [3.63, 3.8) is 0 Å². The predicted molar refractivity (Wildman–Crippen MR) is 38.6 cm³/mol. The molecule has 0 N–H and O–H groups in total. The van der Waals surface area contributed by atoms with Gasteiger partial charge in [-0.3, -0.25) is 4.52 Å². The highest BCUT2D eigenvalue weighted by Gasteiger charge is 2.46. The molecule has 0 bridgehead atoms. The summed E-state index contributed by atoms with van der Waals surface area (Å²) in [6, 6.07) is 0. The molecule has 6 heteroatoms. The number of phosphoric acid groups is 1. The Morgan fingerprint density at radius 3 is 2.27 bits per heavy atom. The Labute approximate surface area is 66.0 Å². The minimum Gasteiger partial charge on any atom is -0.329 e. The largest absolute Gasteiger partial charge is 0.530 e. The lowest BCUT2D eigenvalue weighted by Crippen LogP contribution is -2.37. The monoisotopic (exact) mass is 182 g/mol. The zero-order valence-electron chi connectivity index (χ0n) is 6.94. The first-order chi connectivity index (χ1) is 4.91. The number of hydrogen-bond donors (Lipinski definition) is 0. The molecule has 1 saturated heterocycles. The molecule has 66 valence electrons. The molecule has 0 saturated carbocycles. The first-order valence-corrected chi connectivity index (χ1v) is 4.80. The zero-order chi connectivity index (χ0) is 8.54. The van der Waals surface area contributed by atoms with Crippen LogP contribution in [0.4, 0.5) is 0 Å². The van der Waals surface area contributed by atoms with Crippen LogP contribution in [0.3, 0.4) is 0 Å². The fourth-order valence-corrected chi connectivity index (χ4v) is 1.11. The fourth-order valence-electron chi connectivity index (χ4n) is 0.497. The van der Waals surface area contributed by atoms with Gasteiger partial charge < -0.3 is 4.48 Å². The van der Waals surface area contributed by atoms with Crippen molar-refractivity contribution in [1.82, 2.24) is 0 Å². The molecule has 0 spiro atoms. The van der Waals surface area contributed by atoms with Crippen LogP contribution in [0.2, 0.25) is 0 Å². The lowest BCUT2D eigenvalue weighted by Gasteiger charge is -2.22. The normalized spacial score (nSPS) is 21.7. The Hall–Kier alpha value is 0.0700. The van der Waals surface area contributed by atoms with E-state index < -0.39 is 7.82 Å². The van der Waals surface area contributed by atoms with Gasteiger partial charge in [0.05, 0.1) is 21.1 Å². The highest BCUT2D eigenvalue weighted by atomic mass is 31.2. The van der Waals surface area contributed by atoms with Gasteiger partial charge >= 0.3 is 7.82 Å². The van der Waals surface area contributed by atoms with Crippen LogP contribution in [0.1, 0.15) is 0 Å². The second-order valence-electron chi connectivity index (χ2n) is 3.44. The van der Waals surface area contributed by atoms with E-state index in [1.807, 2.05) is 21.1 Å². The molecule has 1 fully saturated rings. The summed E-state index contributed by atoms with van der Waals surface area (Å²) in [6.45, 7) is 1.16. The molecule has 0 aliphatic carbocycles. The van der Waals surface area contributed by atoms with Gasteiger partial charge in [-0.15, -0.1) is 9.35 Å². The molecule has 1 heterocycles. The van der Waals surface area contributed by atoms with Gasteiger partial charge in [0.1, 0.15) is 13.2 Å². The third-order valence-corrected chi connectivity index (χ3v) is 2.10. The molecule has 1 aliphatic rings. The summed E-state index contributed by atoms with van der Waals surface area (Å²) in [7, 11) is 3.05. The zero-order valence-corrected chi connectivity index (χ0v) is 7.84. The van der Waals surface area contributed by atoms with Gasteiger partial charge in [-0.2, -0.15) is 0 Å². The van der Waals surface area contributed by atoms with Gasteiger partial charge in [0.2, 0.25) is 0 Å². The summed E-state index contributed by atoms with van der Waals surface area (Å²) in [4.78, 5) is 0. The summed E-state index contributed by atoms with van der Waals surface area (Å²) >= 11 is 0. The van der Waals surface area contributed by atoms with Crippen molar-refractivity contribution in [3.05, 3.63) is 0 Å². The molecule has 5 nitrogen and oxygen atoms in total. The molecule has 0 atom stereocenters. The molecule has 0 aromatic carbocycles. The van der Waals surface area contributed by atoms with Crippen LogP contribution in [0.15, 0.2) is 0 Å². The van der Waals surface area contributed by atoms with Gasteiger partial charge in [-0.1, -0.05) is 0 Å². The number of quaternary nitrogens is 1. The Kier molecular flexibility index (Phi) is 2.37. The molecule has 0 aromatic heterocycles. The van der Waals surface area contributed by atoms with E-state index in [9.17, 15) is 4.57 Å². The lowest BCUT2D eigenvalue weighted by atomic mass is 10.5. The van der Waals surface area contributed by atoms with E-state index in [0.717, 1.165) is 11.0 Å². The van der Waals surface area contributed by atoms with Crippen molar-refractivity contribution in [2.75, 3.05) is 34.3 Å². The van der Waals surface area contributed by atoms with Crippen molar-refractivity contribution in [1.29, 1.82) is 0 Å².